The summed E-state index contributed by atoms with van der Waals surface area (Å²) in [5, 5.41) is 14.1. The maximum atomic E-state index is 13.1. The maximum Gasteiger partial charge on any atom is 0.278 e. The topological polar surface area (TPSA) is 101 Å². The molecule has 0 spiro atoms. The van der Waals surface area contributed by atoms with Gasteiger partial charge >= 0.3 is 0 Å². The van der Waals surface area contributed by atoms with Crippen molar-refractivity contribution in [3.63, 3.8) is 0 Å². The third-order valence-electron chi connectivity index (χ3n) is 5.82. The lowest BCUT2D eigenvalue weighted by Gasteiger charge is -2.18. The number of hydrogen-bond acceptors (Lipinski definition) is 7. The highest BCUT2D eigenvalue weighted by Crippen LogP contribution is 2.22. The summed E-state index contributed by atoms with van der Waals surface area (Å²) in [4.78, 5) is 29.1. The van der Waals surface area contributed by atoms with E-state index in [4.69, 9.17) is 0 Å². The first-order chi connectivity index (χ1) is 17.2. The summed E-state index contributed by atoms with van der Waals surface area (Å²) in [6.07, 6.45) is 4.28. The number of hydrogen-bond donors (Lipinski definition) is 2. The molecule has 0 bridgehead atoms. The van der Waals surface area contributed by atoms with Crippen LogP contribution in [0.5, 0.6) is 0 Å². The molecule has 36 heavy (non-hydrogen) atoms. The van der Waals surface area contributed by atoms with Crippen LogP contribution in [0.15, 0.2) is 66.1 Å². The molecule has 2 N–H and O–H groups in total. The van der Waals surface area contributed by atoms with Crippen LogP contribution in [0.25, 0.3) is 16.9 Å². The average molecular weight is 488 g/mol. The normalized spacial score (nSPS) is 11.8. The van der Waals surface area contributed by atoms with Gasteiger partial charge in [-0.2, -0.15) is 4.98 Å². The number of nitrogens with zero attached hydrogens (tertiary/aromatic N) is 6. The van der Waals surface area contributed by atoms with Crippen molar-refractivity contribution in [2.24, 2.45) is 0 Å². The van der Waals surface area contributed by atoms with E-state index in [1.165, 1.54) is 16.4 Å². The summed E-state index contributed by atoms with van der Waals surface area (Å²) in [5.41, 5.74) is 1.59. The Labute approximate surface area is 210 Å². The molecular formula is C27H33N7O2. The molecule has 3 heterocycles. The van der Waals surface area contributed by atoms with Crippen LogP contribution in [0.2, 0.25) is 0 Å². The second-order valence-corrected chi connectivity index (χ2v) is 9.42. The summed E-state index contributed by atoms with van der Waals surface area (Å²) in [6.45, 7) is 11.5. The van der Waals surface area contributed by atoms with E-state index >= 15 is 0 Å². The third kappa shape index (κ3) is 5.37. The minimum Gasteiger partial charge on any atom is -0.384 e. The number of allylic oxidation sites excluding steroid dienone is 1. The molecule has 0 fully saturated rings. The smallest absolute Gasteiger partial charge is 0.278 e. The molecule has 0 amide bonds. The fourth-order valence-corrected chi connectivity index (χ4v) is 4.09. The van der Waals surface area contributed by atoms with Crippen LogP contribution >= 0.6 is 0 Å². The van der Waals surface area contributed by atoms with Crippen molar-refractivity contribution >= 4 is 22.7 Å². The summed E-state index contributed by atoms with van der Waals surface area (Å²) in [6, 6.07) is 13.5. The van der Waals surface area contributed by atoms with Crippen molar-refractivity contribution in [3.05, 3.63) is 82.9 Å². The standard InChI is InChI=1S/C27H33N7O2/c1-6-15-32(5)18-19-11-13-20(14-12-19)29-26-28-17-21-24(31-26)34(33(16-7-2)25(21)35)23-10-8-9-22(30-23)27(3,4)36/h7-14,17,36H,2,6,15-16,18H2,1,3-5H3,(H,28,29,31). The van der Waals surface area contributed by atoms with Crippen LogP contribution in [0.3, 0.4) is 0 Å². The van der Waals surface area contributed by atoms with Gasteiger partial charge in [-0.3, -0.25) is 4.79 Å². The third-order valence-corrected chi connectivity index (χ3v) is 5.82. The van der Waals surface area contributed by atoms with E-state index < -0.39 is 5.60 Å². The SMILES string of the molecule is C=CCn1c(=O)c2cnc(Nc3ccc(CN(C)CCC)cc3)nc2n1-c1cccc(C(C)(C)O)n1. The van der Waals surface area contributed by atoms with E-state index in [0.29, 0.717) is 28.5 Å². The molecule has 0 saturated carbocycles. The number of anilines is 2. The summed E-state index contributed by atoms with van der Waals surface area (Å²) >= 11 is 0. The van der Waals surface area contributed by atoms with E-state index in [1.54, 1.807) is 42.8 Å². The van der Waals surface area contributed by atoms with E-state index in [-0.39, 0.29) is 12.1 Å². The first kappa shape index (κ1) is 25.3. The number of fused-ring (bicyclic) bond motifs is 1. The first-order valence-electron chi connectivity index (χ1n) is 12.1. The van der Waals surface area contributed by atoms with Crippen molar-refractivity contribution in [2.75, 3.05) is 18.9 Å². The molecule has 1 aromatic carbocycles. The molecular weight excluding hydrogens is 454 g/mol. The molecule has 4 rings (SSSR count). The highest BCUT2D eigenvalue weighted by Gasteiger charge is 2.21. The number of nitrogens with one attached hydrogen (secondary N) is 1. The Kier molecular flexibility index (Phi) is 7.32. The fraction of sp³-hybridized carbons (Fsp3) is 0.333. The monoisotopic (exact) mass is 487 g/mol. The number of aromatic nitrogens is 5. The molecule has 0 atom stereocenters. The van der Waals surface area contributed by atoms with Crippen molar-refractivity contribution in [3.8, 4) is 5.82 Å². The Morgan fingerprint density at radius 2 is 1.92 bits per heavy atom. The van der Waals surface area contributed by atoms with Crippen LogP contribution in [-0.4, -0.2) is 47.9 Å². The van der Waals surface area contributed by atoms with Gasteiger partial charge in [0.05, 0.1) is 12.2 Å². The van der Waals surface area contributed by atoms with Gasteiger partial charge in [0.2, 0.25) is 5.95 Å². The number of aliphatic hydroxyl groups is 1. The van der Waals surface area contributed by atoms with Crippen LogP contribution in [0, 0.1) is 0 Å². The van der Waals surface area contributed by atoms with Crippen molar-refractivity contribution in [1.29, 1.82) is 0 Å². The van der Waals surface area contributed by atoms with Crippen LogP contribution in [0.4, 0.5) is 11.6 Å². The highest BCUT2D eigenvalue weighted by molar-refractivity contribution is 5.77. The average Bonchev–Trinajstić information content (AvgIpc) is 3.11. The lowest BCUT2D eigenvalue weighted by Crippen LogP contribution is -2.23. The summed E-state index contributed by atoms with van der Waals surface area (Å²) in [5.74, 6) is 0.829. The van der Waals surface area contributed by atoms with Crippen molar-refractivity contribution in [2.45, 2.75) is 45.9 Å². The van der Waals surface area contributed by atoms with Crippen molar-refractivity contribution < 1.29 is 5.11 Å². The molecule has 4 aromatic rings. The van der Waals surface area contributed by atoms with Gasteiger partial charge in [0.1, 0.15) is 11.0 Å². The minimum atomic E-state index is -1.14. The first-order valence-corrected chi connectivity index (χ1v) is 12.1. The Morgan fingerprint density at radius 3 is 2.58 bits per heavy atom. The molecule has 0 saturated heterocycles. The zero-order chi connectivity index (χ0) is 25.9. The van der Waals surface area contributed by atoms with Gasteiger partial charge in [0, 0.05) is 18.4 Å². The molecule has 9 nitrogen and oxygen atoms in total. The second kappa shape index (κ2) is 10.4. The van der Waals surface area contributed by atoms with E-state index in [2.05, 4.69) is 57.9 Å². The fourth-order valence-electron chi connectivity index (χ4n) is 4.09. The van der Waals surface area contributed by atoms with E-state index in [9.17, 15) is 9.90 Å². The zero-order valence-corrected chi connectivity index (χ0v) is 21.3. The molecule has 0 aliphatic carbocycles. The van der Waals surface area contributed by atoms with Crippen molar-refractivity contribution in [1.82, 2.24) is 29.2 Å². The predicted molar refractivity (Wildman–Crippen MR) is 143 cm³/mol. The Balaban J connectivity index is 1.72. The molecule has 9 heteroatoms. The van der Waals surface area contributed by atoms with Gasteiger partial charge < -0.3 is 15.3 Å². The van der Waals surface area contributed by atoms with Gasteiger partial charge in [-0.05, 0) is 63.7 Å². The molecule has 188 valence electrons. The van der Waals surface area contributed by atoms with Gasteiger partial charge in [-0.1, -0.05) is 31.2 Å². The Morgan fingerprint density at radius 1 is 1.17 bits per heavy atom. The number of rotatable bonds is 10. The maximum absolute atomic E-state index is 13.1. The molecule has 0 aliphatic rings. The number of benzene rings is 1. The lowest BCUT2D eigenvalue weighted by atomic mass is 10.1. The zero-order valence-electron chi connectivity index (χ0n) is 21.3. The van der Waals surface area contributed by atoms with Gasteiger partial charge in [-0.15, -0.1) is 6.58 Å². The summed E-state index contributed by atoms with van der Waals surface area (Å²) < 4.78 is 3.16. The largest absolute Gasteiger partial charge is 0.384 e. The van der Waals surface area contributed by atoms with Gasteiger partial charge in [0.25, 0.3) is 5.56 Å². The van der Waals surface area contributed by atoms with Crippen LogP contribution < -0.4 is 10.9 Å². The van der Waals surface area contributed by atoms with Crippen LogP contribution in [0.1, 0.15) is 38.4 Å². The number of pyridine rings is 1. The van der Waals surface area contributed by atoms with Gasteiger partial charge in [-0.25, -0.2) is 19.3 Å². The van der Waals surface area contributed by atoms with E-state index in [0.717, 1.165) is 25.2 Å². The molecule has 0 radical (unpaired) electrons. The van der Waals surface area contributed by atoms with Gasteiger partial charge in [0.15, 0.2) is 11.5 Å². The minimum absolute atomic E-state index is 0.243. The summed E-state index contributed by atoms with van der Waals surface area (Å²) in [7, 11) is 2.11. The quantitative estimate of drug-likeness (QED) is 0.326. The highest BCUT2D eigenvalue weighted by atomic mass is 16.3. The van der Waals surface area contributed by atoms with Crippen LogP contribution in [-0.2, 0) is 18.7 Å². The Hall–Kier alpha value is -3.82. The molecule has 0 unspecified atom stereocenters. The lowest BCUT2D eigenvalue weighted by molar-refractivity contribution is 0.0738. The molecule has 3 aromatic heterocycles. The molecule has 0 aliphatic heterocycles. The predicted octanol–water partition coefficient (Wildman–Crippen LogP) is 3.98. The van der Waals surface area contributed by atoms with E-state index in [1.807, 2.05) is 12.1 Å². The second-order valence-electron chi connectivity index (χ2n) is 9.42. The Bertz CT molecular complexity index is 1420.